The first-order valence-electron chi connectivity index (χ1n) is 5.24. The van der Waals surface area contributed by atoms with E-state index < -0.39 is 0 Å². The zero-order chi connectivity index (χ0) is 11.0. The standard InChI is InChI=1S/C14H11NO/c1-10-2-4-11(5-3-10)12-6-7-14-13(8-12)9-15-16-14/h2-9H,1H3. The van der Waals surface area contributed by atoms with Gasteiger partial charge in [0.05, 0.1) is 6.20 Å². The summed E-state index contributed by atoms with van der Waals surface area (Å²) < 4.78 is 5.08. The SMILES string of the molecule is Cc1ccc(-c2ccc3oncc3c2)cc1. The van der Waals surface area contributed by atoms with Gasteiger partial charge in [-0.1, -0.05) is 41.1 Å². The van der Waals surface area contributed by atoms with Crippen LogP contribution >= 0.6 is 0 Å². The summed E-state index contributed by atoms with van der Waals surface area (Å²) in [5, 5.41) is 4.82. The molecule has 0 radical (unpaired) electrons. The first kappa shape index (κ1) is 9.16. The van der Waals surface area contributed by atoms with E-state index in [1.165, 1.54) is 16.7 Å². The van der Waals surface area contributed by atoms with Gasteiger partial charge in [-0.25, -0.2) is 0 Å². The molecule has 2 aromatic carbocycles. The summed E-state index contributed by atoms with van der Waals surface area (Å²) in [6, 6.07) is 14.6. The number of benzene rings is 2. The van der Waals surface area contributed by atoms with Crippen molar-refractivity contribution >= 4 is 11.0 Å². The molecule has 0 saturated carbocycles. The van der Waals surface area contributed by atoms with Crippen LogP contribution in [-0.2, 0) is 0 Å². The van der Waals surface area contributed by atoms with Crippen molar-refractivity contribution in [3.05, 3.63) is 54.2 Å². The monoisotopic (exact) mass is 209 g/mol. The Balaban J connectivity index is 2.14. The van der Waals surface area contributed by atoms with Crippen molar-refractivity contribution < 1.29 is 4.52 Å². The minimum atomic E-state index is 0.830. The summed E-state index contributed by atoms with van der Waals surface area (Å²) in [6.45, 7) is 2.09. The second-order valence-electron chi connectivity index (χ2n) is 3.94. The molecule has 1 heterocycles. The van der Waals surface area contributed by atoms with Crippen LogP contribution in [0, 0.1) is 6.92 Å². The number of aryl methyl sites for hydroxylation is 1. The molecule has 0 aliphatic rings. The van der Waals surface area contributed by atoms with Crippen LogP contribution in [0.5, 0.6) is 0 Å². The van der Waals surface area contributed by atoms with Gasteiger partial charge < -0.3 is 4.52 Å². The highest BCUT2D eigenvalue weighted by molar-refractivity contribution is 5.82. The molecule has 0 fully saturated rings. The lowest BCUT2D eigenvalue weighted by Gasteiger charge is -2.01. The van der Waals surface area contributed by atoms with Crippen molar-refractivity contribution in [2.75, 3.05) is 0 Å². The minimum Gasteiger partial charge on any atom is -0.356 e. The van der Waals surface area contributed by atoms with E-state index in [2.05, 4.69) is 48.5 Å². The van der Waals surface area contributed by atoms with E-state index in [4.69, 9.17) is 4.52 Å². The van der Waals surface area contributed by atoms with Crippen molar-refractivity contribution in [1.82, 2.24) is 5.16 Å². The molecule has 3 rings (SSSR count). The third-order valence-corrected chi connectivity index (χ3v) is 2.74. The Hall–Kier alpha value is -2.09. The number of rotatable bonds is 1. The van der Waals surface area contributed by atoms with Gasteiger partial charge in [-0.3, -0.25) is 0 Å². The van der Waals surface area contributed by atoms with Crippen molar-refractivity contribution in [2.24, 2.45) is 0 Å². The lowest BCUT2D eigenvalue weighted by Crippen LogP contribution is -1.78. The molecule has 0 bridgehead atoms. The first-order valence-corrected chi connectivity index (χ1v) is 5.24. The van der Waals surface area contributed by atoms with E-state index in [-0.39, 0.29) is 0 Å². The summed E-state index contributed by atoms with van der Waals surface area (Å²) in [7, 11) is 0. The molecule has 0 atom stereocenters. The van der Waals surface area contributed by atoms with Gasteiger partial charge in [0.25, 0.3) is 0 Å². The molecule has 0 unspecified atom stereocenters. The fraction of sp³-hybridized carbons (Fsp3) is 0.0714. The molecule has 2 heteroatoms. The zero-order valence-electron chi connectivity index (χ0n) is 8.97. The maximum absolute atomic E-state index is 5.08. The lowest BCUT2D eigenvalue weighted by molar-refractivity contribution is 0.456. The highest BCUT2D eigenvalue weighted by Gasteiger charge is 2.01. The quantitative estimate of drug-likeness (QED) is 0.609. The number of fused-ring (bicyclic) bond motifs is 1. The number of aromatic nitrogens is 1. The van der Waals surface area contributed by atoms with E-state index >= 15 is 0 Å². The highest BCUT2D eigenvalue weighted by Crippen LogP contribution is 2.24. The molecule has 0 spiro atoms. The van der Waals surface area contributed by atoms with Crippen LogP contribution in [0.2, 0.25) is 0 Å². The van der Waals surface area contributed by atoms with Crippen LogP contribution in [0.15, 0.2) is 53.2 Å². The van der Waals surface area contributed by atoms with Crippen LogP contribution in [0.1, 0.15) is 5.56 Å². The summed E-state index contributed by atoms with van der Waals surface area (Å²) in [6.07, 6.45) is 1.74. The van der Waals surface area contributed by atoms with Gasteiger partial charge in [-0.2, -0.15) is 0 Å². The molecule has 0 aliphatic heterocycles. The third kappa shape index (κ3) is 1.48. The molecular formula is C14H11NO. The van der Waals surface area contributed by atoms with Gasteiger partial charge in [-0.05, 0) is 30.2 Å². The van der Waals surface area contributed by atoms with Gasteiger partial charge in [0.2, 0.25) is 0 Å². The van der Waals surface area contributed by atoms with Crippen LogP contribution < -0.4 is 0 Å². The Bertz CT molecular complexity index is 623. The van der Waals surface area contributed by atoms with E-state index in [0.29, 0.717) is 0 Å². The molecule has 2 nitrogen and oxygen atoms in total. The maximum atomic E-state index is 5.08. The molecule has 1 aromatic heterocycles. The van der Waals surface area contributed by atoms with Gasteiger partial charge >= 0.3 is 0 Å². The van der Waals surface area contributed by atoms with Gasteiger partial charge in [-0.15, -0.1) is 0 Å². The smallest absolute Gasteiger partial charge is 0.166 e. The number of nitrogens with zero attached hydrogens (tertiary/aromatic N) is 1. The Labute approximate surface area is 93.5 Å². The second-order valence-corrected chi connectivity index (χ2v) is 3.94. The van der Waals surface area contributed by atoms with E-state index in [1.807, 2.05) is 6.07 Å². The predicted octanol–water partition coefficient (Wildman–Crippen LogP) is 3.80. The molecule has 3 aromatic rings. The topological polar surface area (TPSA) is 26.0 Å². The van der Waals surface area contributed by atoms with E-state index in [1.54, 1.807) is 6.20 Å². The molecule has 0 aliphatic carbocycles. The Kier molecular flexibility index (Phi) is 2.00. The highest BCUT2D eigenvalue weighted by atomic mass is 16.5. The minimum absolute atomic E-state index is 0.830. The average molecular weight is 209 g/mol. The van der Waals surface area contributed by atoms with Gasteiger partial charge in [0.15, 0.2) is 5.58 Å². The normalized spacial score (nSPS) is 10.8. The summed E-state index contributed by atoms with van der Waals surface area (Å²) in [5.41, 5.74) is 4.51. The fourth-order valence-corrected chi connectivity index (χ4v) is 1.80. The molecule has 0 N–H and O–H groups in total. The number of hydrogen-bond donors (Lipinski definition) is 0. The van der Waals surface area contributed by atoms with Crippen LogP contribution in [0.3, 0.4) is 0 Å². The van der Waals surface area contributed by atoms with Crippen LogP contribution in [0.25, 0.3) is 22.1 Å². The maximum Gasteiger partial charge on any atom is 0.166 e. The Morgan fingerprint density at radius 3 is 2.50 bits per heavy atom. The zero-order valence-corrected chi connectivity index (χ0v) is 8.97. The first-order chi connectivity index (χ1) is 7.83. The van der Waals surface area contributed by atoms with Gasteiger partial charge in [0, 0.05) is 5.39 Å². The van der Waals surface area contributed by atoms with Crippen LogP contribution in [0.4, 0.5) is 0 Å². The summed E-state index contributed by atoms with van der Waals surface area (Å²) in [5.74, 6) is 0. The second kappa shape index (κ2) is 3.49. The van der Waals surface area contributed by atoms with Gasteiger partial charge in [0.1, 0.15) is 0 Å². The summed E-state index contributed by atoms with van der Waals surface area (Å²) >= 11 is 0. The molecule has 0 amide bonds. The van der Waals surface area contributed by atoms with Crippen molar-refractivity contribution in [3.63, 3.8) is 0 Å². The van der Waals surface area contributed by atoms with Crippen molar-refractivity contribution in [1.29, 1.82) is 0 Å². The Morgan fingerprint density at radius 2 is 1.69 bits per heavy atom. The lowest BCUT2D eigenvalue weighted by atomic mass is 10.0. The molecular weight excluding hydrogens is 198 g/mol. The van der Waals surface area contributed by atoms with Crippen molar-refractivity contribution in [2.45, 2.75) is 6.92 Å². The fourth-order valence-electron chi connectivity index (χ4n) is 1.80. The third-order valence-electron chi connectivity index (χ3n) is 2.74. The van der Waals surface area contributed by atoms with Crippen molar-refractivity contribution in [3.8, 4) is 11.1 Å². The largest absolute Gasteiger partial charge is 0.356 e. The Morgan fingerprint density at radius 1 is 0.938 bits per heavy atom. The molecule has 0 saturated heterocycles. The molecule has 16 heavy (non-hydrogen) atoms. The van der Waals surface area contributed by atoms with E-state index in [0.717, 1.165) is 11.0 Å². The molecule has 78 valence electrons. The van der Waals surface area contributed by atoms with E-state index in [9.17, 15) is 0 Å². The average Bonchev–Trinajstić information content (AvgIpc) is 2.77. The predicted molar refractivity (Wildman–Crippen MR) is 64.2 cm³/mol. The van der Waals surface area contributed by atoms with Crippen LogP contribution in [-0.4, -0.2) is 5.16 Å². The summed E-state index contributed by atoms with van der Waals surface area (Å²) in [4.78, 5) is 0. The number of hydrogen-bond acceptors (Lipinski definition) is 2.